The molecule has 1 aliphatic heterocycles. The van der Waals surface area contributed by atoms with E-state index in [1.54, 1.807) is 17.0 Å². The van der Waals surface area contributed by atoms with Gasteiger partial charge < -0.3 is 4.74 Å². The highest BCUT2D eigenvalue weighted by Crippen LogP contribution is 2.43. The highest BCUT2D eigenvalue weighted by atomic mass is 35.5. The summed E-state index contributed by atoms with van der Waals surface area (Å²) < 4.78 is 6.22. The minimum atomic E-state index is -0.727. The number of ether oxygens (including phenoxy) is 1. The topological polar surface area (TPSA) is 68.2 Å². The summed E-state index contributed by atoms with van der Waals surface area (Å²) in [5.74, 6) is 0.161. The standard InChI is InChI=1S/C19H15ClN4O2S/c1-11(25)24-15-9-4-3-8-14(15)16-17(21-19(27-2)23-22-16)26-18(24)12-6-5-7-13(20)10-12/h3-10,18H,1-2H3/t18-/m0/s1. The van der Waals surface area contributed by atoms with E-state index in [0.717, 1.165) is 11.1 Å². The second-order valence-electron chi connectivity index (χ2n) is 5.88. The van der Waals surface area contributed by atoms with Crippen LogP contribution in [-0.2, 0) is 4.79 Å². The van der Waals surface area contributed by atoms with Gasteiger partial charge >= 0.3 is 0 Å². The van der Waals surface area contributed by atoms with Crippen LogP contribution in [0.5, 0.6) is 5.88 Å². The average Bonchev–Trinajstić information content (AvgIpc) is 2.82. The molecule has 0 saturated heterocycles. The summed E-state index contributed by atoms with van der Waals surface area (Å²) >= 11 is 7.55. The monoisotopic (exact) mass is 398 g/mol. The van der Waals surface area contributed by atoms with E-state index in [9.17, 15) is 4.79 Å². The Labute approximate surface area is 165 Å². The van der Waals surface area contributed by atoms with Crippen LogP contribution in [0.15, 0.2) is 53.7 Å². The molecular formula is C19H15ClN4O2S. The SMILES string of the molecule is CSc1nnc2c(n1)O[C@@H](c1cccc(Cl)c1)N(C(C)=O)c1ccccc1-2. The Morgan fingerprint density at radius 2 is 2.00 bits per heavy atom. The molecule has 0 unspecified atom stereocenters. The lowest BCUT2D eigenvalue weighted by Crippen LogP contribution is -2.36. The zero-order valence-electron chi connectivity index (χ0n) is 14.6. The first-order valence-corrected chi connectivity index (χ1v) is 9.79. The number of hydrogen-bond donors (Lipinski definition) is 0. The van der Waals surface area contributed by atoms with Gasteiger partial charge in [0, 0.05) is 23.1 Å². The molecule has 0 N–H and O–H groups in total. The minimum absolute atomic E-state index is 0.168. The third-order valence-electron chi connectivity index (χ3n) is 4.17. The summed E-state index contributed by atoms with van der Waals surface area (Å²) in [5, 5.41) is 9.49. The minimum Gasteiger partial charge on any atom is -0.447 e. The largest absolute Gasteiger partial charge is 0.447 e. The molecule has 2 heterocycles. The molecule has 0 saturated carbocycles. The fourth-order valence-electron chi connectivity index (χ4n) is 3.02. The van der Waals surface area contributed by atoms with E-state index in [0.29, 0.717) is 27.4 Å². The number of anilines is 1. The van der Waals surface area contributed by atoms with E-state index < -0.39 is 6.23 Å². The van der Waals surface area contributed by atoms with Crippen molar-refractivity contribution >= 4 is 35.0 Å². The number of carbonyl (C=O) groups excluding carboxylic acids is 1. The van der Waals surface area contributed by atoms with Crippen molar-refractivity contribution in [2.24, 2.45) is 0 Å². The number of aromatic nitrogens is 3. The molecule has 3 aromatic rings. The van der Waals surface area contributed by atoms with Crippen molar-refractivity contribution in [3.63, 3.8) is 0 Å². The number of para-hydroxylation sites is 1. The van der Waals surface area contributed by atoms with E-state index in [-0.39, 0.29) is 5.91 Å². The number of nitrogens with zero attached hydrogens (tertiary/aromatic N) is 4. The molecule has 0 aliphatic carbocycles. The van der Waals surface area contributed by atoms with E-state index in [1.807, 2.05) is 42.7 Å². The van der Waals surface area contributed by atoms with Crippen molar-refractivity contribution in [2.45, 2.75) is 18.3 Å². The van der Waals surface area contributed by atoms with Gasteiger partial charge in [0.1, 0.15) is 0 Å². The molecule has 6 nitrogen and oxygen atoms in total. The maximum absolute atomic E-state index is 12.6. The van der Waals surface area contributed by atoms with E-state index in [2.05, 4.69) is 15.2 Å². The maximum Gasteiger partial charge on any atom is 0.247 e. The molecule has 0 bridgehead atoms. The van der Waals surface area contributed by atoms with Gasteiger partial charge in [-0.05, 0) is 24.5 Å². The molecule has 1 aliphatic rings. The zero-order valence-corrected chi connectivity index (χ0v) is 16.2. The first-order valence-electron chi connectivity index (χ1n) is 8.18. The lowest BCUT2D eigenvalue weighted by Gasteiger charge is -2.29. The smallest absolute Gasteiger partial charge is 0.247 e. The van der Waals surface area contributed by atoms with E-state index in [4.69, 9.17) is 16.3 Å². The van der Waals surface area contributed by atoms with Gasteiger partial charge in [-0.25, -0.2) is 0 Å². The van der Waals surface area contributed by atoms with Crippen LogP contribution in [0, 0.1) is 0 Å². The third-order valence-corrected chi connectivity index (χ3v) is 4.94. The molecule has 1 amide bonds. The van der Waals surface area contributed by atoms with Crippen LogP contribution in [0.25, 0.3) is 11.3 Å². The summed E-state index contributed by atoms with van der Waals surface area (Å²) in [6, 6.07) is 14.7. The van der Waals surface area contributed by atoms with Gasteiger partial charge in [0.25, 0.3) is 0 Å². The summed E-state index contributed by atoms with van der Waals surface area (Å²) in [6.45, 7) is 1.50. The Kier molecular flexibility index (Phi) is 4.72. The normalized spacial score (nSPS) is 15.4. The van der Waals surface area contributed by atoms with Crippen LogP contribution in [0.1, 0.15) is 18.7 Å². The first-order chi connectivity index (χ1) is 13.1. The number of hydrogen-bond acceptors (Lipinski definition) is 6. The van der Waals surface area contributed by atoms with Gasteiger partial charge in [-0.2, -0.15) is 4.98 Å². The number of amides is 1. The molecular weight excluding hydrogens is 384 g/mol. The van der Waals surface area contributed by atoms with Crippen LogP contribution < -0.4 is 9.64 Å². The van der Waals surface area contributed by atoms with Crippen molar-refractivity contribution in [3.05, 3.63) is 59.1 Å². The number of fused-ring (bicyclic) bond motifs is 3. The number of carbonyl (C=O) groups is 1. The molecule has 4 rings (SSSR count). The number of rotatable bonds is 2. The highest BCUT2D eigenvalue weighted by Gasteiger charge is 2.34. The molecule has 0 fully saturated rings. The van der Waals surface area contributed by atoms with Crippen molar-refractivity contribution in [1.82, 2.24) is 15.2 Å². The fourth-order valence-corrected chi connectivity index (χ4v) is 3.51. The van der Waals surface area contributed by atoms with E-state index >= 15 is 0 Å². The summed E-state index contributed by atoms with van der Waals surface area (Å²) in [7, 11) is 0. The Bertz CT molecular complexity index is 1030. The molecule has 0 radical (unpaired) electrons. The molecule has 0 spiro atoms. The molecule has 136 valence electrons. The molecule has 2 aromatic carbocycles. The zero-order chi connectivity index (χ0) is 19.0. The molecule has 1 atom stereocenters. The highest BCUT2D eigenvalue weighted by molar-refractivity contribution is 7.98. The van der Waals surface area contributed by atoms with Crippen molar-refractivity contribution in [3.8, 4) is 17.1 Å². The Balaban J connectivity index is 1.98. The number of benzene rings is 2. The fraction of sp³-hybridized carbons (Fsp3) is 0.158. The molecule has 8 heteroatoms. The molecule has 1 aromatic heterocycles. The van der Waals surface area contributed by atoms with Gasteiger partial charge in [-0.3, -0.25) is 9.69 Å². The summed E-state index contributed by atoms with van der Waals surface area (Å²) in [6.07, 6.45) is 1.14. The second kappa shape index (κ2) is 7.17. The third kappa shape index (κ3) is 3.24. The number of halogens is 1. The number of thioether (sulfide) groups is 1. The summed E-state index contributed by atoms with van der Waals surface area (Å²) in [4.78, 5) is 18.7. The Morgan fingerprint density at radius 3 is 2.74 bits per heavy atom. The Morgan fingerprint density at radius 1 is 1.19 bits per heavy atom. The maximum atomic E-state index is 12.6. The predicted molar refractivity (Wildman–Crippen MR) is 105 cm³/mol. The van der Waals surface area contributed by atoms with Crippen LogP contribution in [0.4, 0.5) is 5.69 Å². The van der Waals surface area contributed by atoms with Gasteiger partial charge in [0.15, 0.2) is 5.69 Å². The predicted octanol–water partition coefficient (Wildman–Crippen LogP) is 4.36. The van der Waals surface area contributed by atoms with Crippen LogP contribution in [0.3, 0.4) is 0 Å². The van der Waals surface area contributed by atoms with Crippen molar-refractivity contribution in [1.29, 1.82) is 0 Å². The lowest BCUT2D eigenvalue weighted by atomic mass is 10.1. The van der Waals surface area contributed by atoms with Gasteiger partial charge in [0.05, 0.1) is 5.69 Å². The van der Waals surface area contributed by atoms with E-state index in [1.165, 1.54) is 18.7 Å². The average molecular weight is 399 g/mol. The first kappa shape index (κ1) is 17.8. The van der Waals surface area contributed by atoms with Crippen molar-refractivity contribution in [2.75, 3.05) is 11.2 Å². The second-order valence-corrected chi connectivity index (χ2v) is 7.09. The van der Waals surface area contributed by atoms with Gasteiger partial charge in [-0.1, -0.05) is 53.7 Å². The van der Waals surface area contributed by atoms with Crippen LogP contribution >= 0.6 is 23.4 Å². The van der Waals surface area contributed by atoms with Gasteiger partial charge in [-0.15, -0.1) is 10.2 Å². The summed E-state index contributed by atoms with van der Waals surface area (Å²) in [5.41, 5.74) is 2.66. The quantitative estimate of drug-likeness (QED) is 0.597. The van der Waals surface area contributed by atoms with Crippen molar-refractivity contribution < 1.29 is 9.53 Å². The Hall–Kier alpha value is -2.64. The van der Waals surface area contributed by atoms with Crippen LogP contribution in [-0.4, -0.2) is 27.3 Å². The van der Waals surface area contributed by atoms with Gasteiger partial charge in [0.2, 0.25) is 23.2 Å². The van der Waals surface area contributed by atoms with Crippen LogP contribution in [0.2, 0.25) is 5.02 Å². The lowest BCUT2D eigenvalue weighted by molar-refractivity contribution is -0.118. The molecule has 27 heavy (non-hydrogen) atoms.